The van der Waals surface area contributed by atoms with Gasteiger partial charge in [0.05, 0.1) is 17.6 Å². The Labute approximate surface area is 135 Å². The molecule has 0 aliphatic carbocycles. The number of carbonyl (C=O) groups is 2. The van der Waals surface area contributed by atoms with Gasteiger partial charge in [-0.15, -0.1) is 0 Å². The molecule has 118 valence electrons. The Kier molecular flexibility index (Phi) is 3.75. The summed E-state index contributed by atoms with van der Waals surface area (Å²) in [5, 5.41) is 27.7. The summed E-state index contributed by atoms with van der Waals surface area (Å²) in [6.07, 6.45) is -0.878. The number of aliphatic hydroxyl groups is 1. The van der Waals surface area contributed by atoms with E-state index in [4.69, 9.17) is 10.00 Å². The lowest BCUT2D eigenvalue weighted by Crippen LogP contribution is -2.60. The molecule has 1 saturated heterocycles. The van der Waals surface area contributed by atoms with Crippen LogP contribution in [-0.4, -0.2) is 38.5 Å². The fourth-order valence-corrected chi connectivity index (χ4v) is 4.03. The Balaban J connectivity index is 1.94. The number of rotatable bonds is 4. The number of hydrogen-bond donors (Lipinski definition) is 2. The number of benzene rings is 1. The molecular formula is C15H12N2O5S. The van der Waals surface area contributed by atoms with Crippen molar-refractivity contribution in [3.8, 4) is 11.8 Å². The molecule has 0 bridgehead atoms. The van der Waals surface area contributed by atoms with Gasteiger partial charge in [0.15, 0.2) is 10.8 Å². The van der Waals surface area contributed by atoms with E-state index in [1.807, 2.05) is 6.07 Å². The zero-order valence-corrected chi connectivity index (χ0v) is 12.8. The molecule has 3 rings (SSSR count). The molecule has 23 heavy (non-hydrogen) atoms. The van der Waals surface area contributed by atoms with Crippen LogP contribution in [-0.2, 0) is 9.59 Å². The van der Waals surface area contributed by atoms with E-state index in [2.05, 4.69) is 0 Å². The van der Waals surface area contributed by atoms with Crippen LogP contribution in [0.25, 0.3) is 0 Å². The van der Waals surface area contributed by atoms with E-state index >= 15 is 0 Å². The number of nitrogens with zero attached hydrogens (tertiary/aromatic N) is 2. The largest absolute Gasteiger partial charge is 0.476 e. The van der Waals surface area contributed by atoms with Gasteiger partial charge in [0.1, 0.15) is 17.2 Å². The standard InChI is InChI=1S/C15H12N2O5S/c1-7(18)10-12(19)17-11(14(20)21)15(23-13(10)17)22-9-5-3-2-4-8(9)6-16/h2-5,7,10,13,18H,1H3,(H,20,21)/t7-,10+,13-/m1/s1. The Morgan fingerprint density at radius 1 is 1.48 bits per heavy atom. The van der Waals surface area contributed by atoms with Gasteiger partial charge in [-0.2, -0.15) is 5.26 Å². The van der Waals surface area contributed by atoms with Crippen LogP contribution >= 0.6 is 11.8 Å². The molecule has 2 N–H and O–H groups in total. The first-order valence-electron chi connectivity index (χ1n) is 6.78. The predicted molar refractivity (Wildman–Crippen MR) is 79.8 cm³/mol. The second-order valence-electron chi connectivity index (χ2n) is 5.13. The number of thioether (sulfide) groups is 1. The van der Waals surface area contributed by atoms with Gasteiger partial charge < -0.3 is 14.9 Å². The van der Waals surface area contributed by atoms with Gasteiger partial charge >= 0.3 is 5.97 Å². The maximum absolute atomic E-state index is 12.1. The minimum absolute atomic E-state index is 0.0432. The van der Waals surface area contributed by atoms with Crippen molar-refractivity contribution in [3.63, 3.8) is 0 Å². The number of ether oxygens (including phenoxy) is 1. The molecule has 0 radical (unpaired) electrons. The highest BCUT2D eigenvalue weighted by Gasteiger charge is 2.58. The van der Waals surface area contributed by atoms with Crippen molar-refractivity contribution < 1.29 is 24.5 Å². The van der Waals surface area contributed by atoms with Crippen molar-refractivity contribution in [1.29, 1.82) is 5.26 Å². The van der Waals surface area contributed by atoms with Crippen LogP contribution in [0.1, 0.15) is 12.5 Å². The Hall–Kier alpha value is -2.50. The van der Waals surface area contributed by atoms with E-state index in [1.165, 1.54) is 6.92 Å². The number of hydrogen-bond acceptors (Lipinski definition) is 6. The van der Waals surface area contributed by atoms with E-state index < -0.39 is 29.3 Å². The van der Waals surface area contributed by atoms with Crippen LogP contribution in [0.3, 0.4) is 0 Å². The van der Waals surface area contributed by atoms with Crippen LogP contribution in [0.15, 0.2) is 35.1 Å². The molecule has 2 aliphatic rings. The summed E-state index contributed by atoms with van der Waals surface area (Å²) in [5.41, 5.74) is 0.00707. The molecule has 0 spiro atoms. The lowest BCUT2D eigenvalue weighted by atomic mass is 9.92. The fraction of sp³-hybridized carbons (Fsp3) is 0.267. The third-order valence-electron chi connectivity index (χ3n) is 3.68. The van der Waals surface area contributed by atoms with Crippen LogP contribution in [0.2, 0.25) is 0 Å². The molecule has 7 nitrogen and oxygen atoms in total. The molecule has 0 saturated carbocycles. The van der Waals surface area contributed by atoms with Crippen molar-refractivity contribution in [2.24, 2.45) is 5.92 Å². The van der Waals surface area contributed by atoms with Crippen molar-refractivity contribution in [2.75, 3.05) is 0 Å². The Morgan fingerprint density at radius 3 is 2.78 bits per heavy atom. The van der Waals surface area contributed by atoms with Crippen LogP contribution in [0.5, 0.6) is 5.75 Å². The van der Waals surface area contributed by atoms with Crippen LogP contribution < -0.4 is 4.74 Å². The number of aliphatic hydroxyl groups excluding tert-OH is 1. The molecule has 1 aromatic carbocycles. The summed E-state index contributed by atoms with van der Waals surface area (Å²) in [6, 6.07) is 8.39. The number of carboxylic acids is 1. The number of amides is 1. The zero-order chi connectivity index (χ0) is 16.7. The maximum Gasteiger partial charge on any atom is 0.357 e. The van der Waals surface area contributed by atoms with Crippen molar-refractivity contribution in [3.05, 3.63) is 40.6 Å². The van der Waals surface area contributed by atoms with E-state index in [0.29, 0.717) is 0 Å². The van der Waals surface area contributed by atoms with E-state index in [0.717, 1.165) is 16.7 Å². The van der Waals surface area contributed by atoms with Crippen molar-refractivity contribution in [1.82, 2.24) is 4.90 Å². The SMILES string of the molecule is C[C@@H](O)[C@H]1C(=O)N2C(C(=O)O)=C(Oc3ccccc3C#N)S[C@H]12. The lowest BCUT2D eigenvalue weighted by Gasteiger charge is -2.43. The summed E-state index contributed by atoms with van der Waals surface area (Å²) < 4.78 is 5.59. The number of aliphatic carboxylic acids is 1. The third-order valence-corrected chi connectivity index (χ3v) is 4.92. The second kappa shape index (κ2) is 5.61. The summed E-state index contributed by atoms with van der Waals surface area (Å²) in [7, 11) is 0. The van der Waals surface area contributed by atoms with Gasteiger partial charge in [-0.05, 0) is 19.1 Å². The quantitative estimate of drug-likeness (QED) is 0.794. The van der Waals surface area contributed by atoms with Gasteiger partial charge in [-0.1, -0.05) is 23.9 Å². The van der Waals surface area contributed by atoms with E-state index in [-0.39, 0.29) is 22.1 Å². The summed E-state index contributed by atoms with van der Waals surface area (Å²) in [4.78, 5) is 24.7. The van der Waals surface area contributed by atoms with Gasteiger partial charge in [0, 0.05) is 0 Å². The zero-order valence-electron chi connectivity index (χ0n) is 12.0. The first-order chi connectivity index (χ1) is 11.0. The highest BCUT2D eigenvalue weighted by Crippen LogP contribution is 2.50. The van der Waals surface area contributed by atoms with Crippen molar-refractivity contribution >= 4 is 23.6 Å². The molecule has 2 aliphatic heterocycles. The predicted octanol–water partition coefficient (Wildman–Crippen LogP) is 1.10. The molecule has 8 heteroatoms. The minimum Gasteiger partial charge on any atom is -0.476 e. The molecule has 1 amide bonds. The van der Waals surface area contributed by atoms with Gasteiger partial charge in [0.2, 0.25) is 5.91 Å². The van der Waals surface area contributed by atoms with Gasteiger partial charge in [0.25, 0.3) is 0 Å². The van der Waals surface area contributed by atoms with Gasteiger partial charge in [-0.25, -0.2) is 4.79 Å². The Morgan fingerprint density at radius 2 is 2.17 bits per heavy atom. The first kappa shape index (κ1) is 15.4. The highest BCUT2D eigenvalue weighted by atomic mass is 32.2. The van der Waals surface area contributed by atoms with Gasteiger partial charge in [-0.3, -0.25) is 9.69 Å². The average Bonchev–Trinajstić information content (AvgIpc) is 2.82. The number of nitriles is 1. The summed E-state index contributed by atoms with van der Waals surface area (Å²) in [5.74, 6) is -2.18. The number of fused-ring (bicyclic) bond motifs is 1. The highest BCUT2D eigenvalue weighted by molar-refractivity contribution is 8.03. The summed E-state index contributed by atoms with van der Waals surface area (Å²) in [6.45, 7) is 1.49. The lowest BCUT2D eigenvalue weighted by molar-refractivity contribution is -0.156. The molecule has 3 atom stereocenters. The molecule has 1 aromatic rings. The van der Waals surface area contributed by atoms with Crippen LogP contribution in [0, 0.1) is 17.2 Å². The Bertz CT molecular complexity index is 767. The molecule has 1 fully saturated rings. The monoisotopic (exact) mass is 332 g/mol. The second-order valence-corrected chi connectivity index (χ2v) is 6.22. The van der Waals surface area contributed by atoms with Crippen molar-refractivity contribution in [2.45, 2.75) is 18.4 Å². The fourth-order valence-electron chi connectivity index (χ4n) is 2.57. The number of β-lactam (4-membered cyclic amide) rings is 1. The third kappa shape index (κ3) is 2.34. The molecular weight excluding hydrogens is 320 g/mol. The first-order valence-corrected chi connectivity index (χ1v) is 7.66. The maximum atomic E-state index is 12.1. The topological polar surface area (TPSA) is 111 Å². The smallest absolute Gasteiger partial charge is 0.357 e. The number of carboxylic acid groups (broad SMARTS) is 1. The van der Waals surface area contributed by atoms with E-state index in [1.54, 1.807) is 24.3 Å². The minimum atomic E-state index is -1.29. The molecule has 0 unspecified atom stereocenters. The van der Waals surface area contributed by atoms with Crippen LogP contribution in [0.4, 0.5) is 0 Å². The number of para-hydroxylation sites is 1. The average molecular weight is 332 g/mol. The molecule has 2 heterocycles. The summed E-state index contributed by atoms with van der Waals surface area (Å²) >= 11 is 1.06. The van der Waals surface area contributed by atoms with E-state index in [9.17, 15) is 19.8 Å². The number of carbonyl (C=O) groups excluding carboxylic acids is 1. The normalized spacial score (nSPS) is 23.9. The molecule has 0 aromatic heterocycles.